The molecule has 0 saturated heterocycles. The van der Waals surface area contributed by atoms with E-state index in [1.54, 1.807) is 6.92 Å². The monoisotopic (exact) mass is 311 g/mol. The Labute approximate surface area is 114 Å². The highest BCUT2D eigenvalue weighted by Crippen LogP contribution is 2.29. The molecule has 1 aromatic heterocycles. The molecule has 1 heterocycles. The summed E-state index contributed by atoms with van der Waals surface area (Å²) < 4.78 is 11.7. The molecular weight excluding hydrogens is 298 g/mol. The van der Waals surface area contributed by atoms with Crippen LogP contribution in [0.3, 0.4) is 0 Å². The highest BCUT2D eigenvalue weighted by molar-refractivity contribution is 9.10. The normalized spacial score (nSPS) is 10.6. The first kappa shape index (κ1) is 13.0. The van der Waals surface area contributed by atoms with Crippen LogP contribution in [0.2, 0.25) is 0 Å². The molecular formula is C12H14BrN3O2. The standard InChI is InChI=1S/C12H14BrN3O2/c1-8-15-11(18-16-8)7-17-12-9(6-14-2)4-3-5-10(12)13/h3-5,14H,6-7H2,1-2H3. The van der Waals surface area contributed by atoms with E-state index in [0.717, 1.165) is 22.3 Å². The van der Waals surface area contributed by atoms with Gasteiger partial charge in [-0.05, 0) is 36.0 Å². The lowest BCUT2D eigenvalue weighted by molar-refractivity contribution is 0.239. The minimum absolute atomic E-state index is 0.264. The maximum Gasteiger partial charge on any atom is 0.264 e. The maximum atomic E-state index is 5.74. The molecule has 2 rings (SSSR count). The first-order valence-electron chi connectivity index (χ1n) is 5.54. The molecule has 0 spiro atoms. The number of halogens is 1. The van der Waals surface area contributed by atoms with Crippen LogP contribution in [-0.4, -0.2) is 17.2 Å². The van der Waals surface area contributed by atoms with E-state index in [2.05, 4.69) is 31.4 Å². The molecule has 0 fully saturated rings. The SMILES string of the molecule is CNCc1cccc(Br)c1OCc1nc(C)no1. The van der Waals surface area contributed by atoms with Gasteiger partial charge in [0.05, 0.1) is 4.47 Å². The minimum atomic E-state index is 0.264. The van der Waals surface area contributed by atoms with Gasteiger partial charge in [0.1, 0.15) is 5.75 Å². The van der Waals surface area contributed by atoms with E-state index in [1.165, 1.54) is 0 Å². The van der Waals surface area contributed by atoms with Crippen molar-refractivity contribution < 1.29 is 9.26 Å². The van der Waals surface area contributed by atoms with E-state index in [0.29, 0.717) is 11.7 Å². The number of nitrogens with one attached hydrogen (secondary N) is 1. The van der Waals surface area contributed by atoms with Crippen LogP contribution in [0.15, 0.2) is 27.2 Å². The quantitative estimate of drug-likeness (QED) is 0.919. The summed E-state index contributed by atoms with van der Waals surface area (Å²) in [6.45, 7) is 2.77. The van der Waals surface area contributed by atoms with Gasteiger partial charge >= 0.3 is 0 Å². The van der Waals surface area contributed by atoms with Gasteiger partial charge < -0.3 is 14.6 Å². The molecule has 0 bridgehead atoms. The lowest BCUT2D eigenvalue weighted by atomic mass is 10.2. The number of hydrogen-bond donors (Lipinski definition) is 1. The molecule has 18 heavy (non-hydrogen) atoms. The van der Waals surface area contributed by atoms with Crippen molar-refractivity contribution in [1.82, 2.24) is 15.5 Å². The third-order valence-electron chi connectivity index (χ3n) is 2.33. The molecule has 96 valence electrons. The summed E-state index contributed by atoms with van der Waals surface area (Å²) >= 11 is 3.48. The predicted molar refractivity (Wildman–Crippen MR) is 70.3 cm³/mol. The number of aromatic nitrogens is 2. The average Bonchev–Trinajstić information content (AvgIpc) is 2.75. The molecule has 0 unspecified atom stereocenters. The van der Waals surface area contributed by atoms with Gasteiger partial charge in [-0.1, -0.05) is 17.3 Å². The number of ether oxygens (including phenoxy) is 1. The number of hydrogen-bond acceptors (Lipinski definition) is 5. The average molecular weight is 312 g/mol. The molecule has 0 saturated carbocycles. The van der Waals surface area contributed by atoms with Crippen LogP contribution >= 0.6 is 15.9 Å². The molecule has 5 nitrogen and oxygen atoms in total. The molecule has 0 radical (unpaired) electrons. The van der Waals surface area contributed by atoms with Crippen molar-refractivity contribution >= 4 is 15.9 Å². The minimum Gasteiger partial charge on any atom is -0.482 e. The number of para-hydroxylation sites is 1. The summed E-state index contributed by atoms with van der Waals surface area (Å²) in [7, 11) is 1.89. The highest BCUT2D eigenvalue weighted by Gasteiger charge is 2.10. The van der Waals surface area contributed by atoms with Gasteiger partial charge in [-0.3, -0.25) is 0 Å². The van der Waals surface area contributed by atoms with E-state index >= 15 is 0 Å². The van der Waals surface area contributed by atoms with Gasteiger partial charge in [-0.25, -0.2) is 0 Å². The Morgan fingerprint density at radius 3 is 2.94 bits per heavy atom. The van der Waals surface area contributed by atoms with E-state index in [-0.39, 0.29) is 6.61 Å². The van der Waals surface area contributed by atoms with Crippen molar-refractivity contribution in [2.24, 2.45) is 0 Å². The lowest BCUT2D eigenvalue weighted by Gasteiger charge is -2.11. The van der Waals surface area contributed by atoms with Gasteiger partial charge in [0.2, 0.25) is 0 Å². The van der Waals surface area contributed by atoms with Crippen molar-refractivity contribution in [3.05, 3.63) is 40.0 Å². The zero-order valence-corrected chi connectivity index (χ0v) is 11.8. The van der Waals surface area contributed by atoms with Crippen molar-refractivity contribution in [3.8, 4) is 5.75 Å². The molecule has 6 heteroatoms. The number of rotatable bonds is 5. The third-order valence-corrected chi connectivity index (χ3v) is 2.95. The van der Waals surface area contributed by atoms with Crippen LogP contribution in [0, 0.1) is 6.92 Å². The van der Waals surface area contributed by atoms with Crippen LogP contribution in [0.1, 0.15) is 17.3 Å². The van der Waals surface area contributed by atoms with Crippen molar-refractivity contribution in [1.29, 1.82) is 0 Å². The first-order chi connectivity index (χ1) is 8.70. The second-order valence-corrected chi connectivity index (χ2v) is 4.64. The third kappa shape index (κ3) is 3.08. The number of aryl methyl sites for hydroxylation is 1. The smallest absolute Gasteiger partial charge is 0.264 e. The highest BCUT2D eigenvalue weighted by atomic mass is 79.9. The van der Waals surface area contributed by atoms with Gasteiger partial charge in [0.25, 0.3) is 5.89 Å². The molecule has 1 N–H and O–H groups in total. The van der Waals surface area contributed by atoms with Crippen LogP contribution in [-0.2, 0) is 13.2 Å². The Morgan fingerprint density at radius 1 is 1.44 bits per heavy atom. The van der Waals surface area contributed by atoms with Gasteiger partial charge in [-0.2, -0.15) is 4.98 Å². The Balaban J connectivity index is 2.12. The van der Waals surface area contributed by atoms with Gasteiger partial charge in [0.15, 0.2) is 12.4 Å². The predicted octanol–water partition coefficient (Wildman–Crippen LogP) is 2.44. The second-order valence-electron chi connectivity index (χ2n) is 3.78. The fraction of sp³-hybridized carbons (Fsp3) is 0.333. The second kappa shape index (κ2) is 5.97. The Morgan fingerprint density at radius 2 is 2.28 bits per heavy atom. The first-order valence-corrected chi connectivity index (χ1v) is 6.34. The summed E-state index contributed by atoms with van der Waals surface area (Å²) in [5.74, 6) is 1.87. The molecule has 0 aliphatic heterocycles. The fourth-order valence-electron chi connectivity index (χ4n) is 1.58. The van der Waals surface area contributed by atoms with E-state index in [1.807, 2.05) is 25.2 Å². The topological polar surface area (TPSA) is 60.2 Å². The van der Waals surface area contributed by atoms with Crippen LogP contribution in [0.5, 0.6) is 5.75 Å². The summed E-state index contributed by atoms with van der Waals surface area (Å²) in [6, 6.07) is 5.92. The number of nitrogens with zero attached hydrogens (tertiary/aromatic N) is 2. The van der Waals surface area contributed by atoms with Crippen LogP contribution in [0.4, 0.5) is 0 Å². The summed E-state index contributed by atoms with van der Waals surface area (Å²) in [5, 5.41) is 6.82. The molecule has 0 atom stereocenters. The molecule has 2 aromatic rings. The van der Waals surface area contributed by atoms with E-state index < -0.39 is 0 Å². The van der Waals surface area contributed by atoms with E-state index in [4.69, 9.17) is 9.26 Å². The molecule has 0 aliphatic rings. The Bertz CT molecular complexity index is 528. The van der Waals surface area contributed by atoms with Crippen molar-refractivity contribution in [3.63, 3.8) is 0 Å². The molecule has 0 aliphatic carbocycles. The van der Waals surface area contributed by atoms with Crippen LogP contribution < -0.4 is 10.1 Å². The Hall–Kier alpha value is -1.40. The lowest BCUT2D eigenvalue weighted by Crippen LogP contribution is -2.08. The van der Waals surface area contributed by atoms with Crippen LogP contribution in [0.25, 0.3) is 0 Å². The maximum absolute atomic E-state index is 5.74. The summed E-state index contributed by atoms with van der Waals surface area (Å²) in [5.41, 5.74) is 1.07. The van der Waals surface area contributed by atoms with Gasteiger partial charge in [-0.15, -0.1) is 0 Å². The Kier molecular flexibility index (Phi) is 4.33. The van der Waals surface area contributed by atoms with Gasteiger partial charge in [0, 0.05) is 12.1 Å². The van der Waals surface area contributed by atoms with E-state index in [9.17, 15) is 0 Å². The molecule has 0 amide bonds. The fourth-order valence-corrected chi connectivity index (χ4v) is 2.10. The van der Waals surface area contributed by atoms with Crippen molar-refractivity contribution in [2.45, 2.75) is 20.1 Å². The van der Waals surface area contributed by atoms with Crippen molar-refractivity contribution in [2.75, 3.05) is 7.05 Å². The largest absolute Gasteiger partial charge is 0.482 e. The summed E-state index contributed by atoms with van der Waals surface area (Å²) in [4.78, 5) is 4.10. The zero-order chi connectivity index (χ0) is 13.0. The summed E-state index contributed by atoms with van der Waals surface area (Å²) in [6.07, 6.45) is 0. The molecule has 1 aromatic carbocycles. The number of benzene rings is 1. The zero-order valence-electron chi connectivity index (χ0n) is 10.2.